The molecule has 0 aromatic heterocycles. The summed E-state index contributed by atoms with van der Waals surface area (Å²) in [4.78, 5) is 21.4. The van der Waals surface area contributed by atoms with E-state index < -0.39 is 5.97 Å². The molecular weight excluding hydrogens is 228 g/mol. The Labute approximate surface area is 110 Å². The molecule has 0 atom stereocenters. The monoisotopic (exact) mass is 252 g/mol. The average molecular weight is 252 g/mol. The molecule has 0 amide bonds. The summed E-state index contributed by atoms with van der Waals surface area (Å²) in [6.45, 7) is 5.29. The van der Waals surface area contributed by atoms with Crippen LogP contribution in [0.15, 0.2) is 24.3 Å². The minimum atomic E-state index is -0.706. The van der Waals surface area contributed by atoms with Gasteiger partial charge in [0, 0.05) is 6.42 Å². The van der Waals surface area contributed by atoms with Gasteiger partial charge in [-0.2, -0.15) is 0 Å². The first-order valence-corrected chi connectivity index (χ1v) is 6.62. The van der Waals surface area contributed by atoms with Crippen molar-refractivity contribution in [3.63, 3.8) is 0 Å². The van der Waals surface area contributed by atoms with E-state index in [2.05, 4.69) is 6.58 Å². The van der Waals surface area contributed by atoms with Crippen LogP contribution in [-0.2, 0) is 9.59 Å². The molecule has 0 heterocycles. The first-order valence-electron chi connectivity index (χ1n) is 6.62. The van der Waals surface area contributed by atoms with Crippen molar-refractivity contribution in [3.05, 3.63) is 24.3 Å². The topological polar surface area (TPSA) is 54.4 Å². The Bertz CT molecular complexity index is 303. The number of hydrogen-bond acceptors (Lipinski definition) is 2. The molecule has 3 heteroatoms. The minimum Gasteiger partial charge on any atom is -0.481 e. The quantitative estimate of drug-likeness (QED) is 0.448. The van der Waals surface area contributed by atoms with Crippen LogP contribution < -0.4 is 0 Å². The second-order valence-electron chi connectivity index (χ2n) is 4.60. The molecule has 0 bridgehead atoms. The Hall–Kier alpha value is -1.38. The standard InChI is InChI=1S/C15H24O3/c1-13(2)14(16)11-9-7-5-3-4-6-8-10-12-15(17)18/h9,11H,1,3-8,10,12H2,2H3,(H,17,18). The van der Waals surface area contributed by atoms with E-state index in [0.717, 1.165) is 44.9 Å². The van der Waals surface area contributed by atoms with Gasteiger partial charge in [-0.3, -0.25) is 9.59 Å². The van der Waals surface area contributed by atoms with Gasteiger partial charge in [0.15, 0.2) is 5.78 Å². The second-order valence-corrected chi connectivity index (χ2v) is 4.60. The highest BCUT2D eigenvalue weighted by atomic mass is 16.4. The van der Waals surface area contributed by atoms with Crippen molar-refractivity contribution in [1.29, 1.82) is 0 Å². The number of unbranched alkanes of at least 4 members (excludes halogenated alkanes) is 6. The summed E-state index contributed by atoms with van der Waals surface area (Å²) in [5, 5.41) is 8.46. The maximum absolute atomic E-state index is 11.2. The van der Waals surface area contributed by atoms with Gasteiger partial charge in [-0.25, -0.2) is 0 Å². The van der Waals surface area contributed by atoms with Crippen molar-refractivity contribution in [2.45, 2.75) is 58.3 Å². The smallest absolute Gasteiger partial charge is 0.303 e. The molecule has 1 N–H and O–H groups in total. The molecule has 0 saturated heterocycles. The molecule has 0 aliphatic heterocycles. The third-order valence-electron chi connectivity index (χ3n) is 2.70. The van der Waals surface area contributed by atoms with Crippen LogP contribution in [0, 0.1) is 0 Å². The van der Waals surface area contributed by atoms with Gasteiger partial charge in [-0.1, -0.05) is 38.3 Å². The van der Waals surface area contributed by atoms with Gasteiger partial charge in [-0.15, -0.1) is 0 Å². The highest BCUT2D eigenvalue weighted by molar-refractivity contribution is 6.02. The van der Waals surface area contributed by atoms with E-state index in [1.54, 1.807) is 13.0 Å². The number of rotatable bonds is 11. The fraction of sp³-hybridized carbons (Fsp3) is 0.600. The lowest BCUT2D eigenvalue weighted by molar-refractivity contribution is -0.137. The van der Waals surface area contributed by atoms with E-state index in [1.165, 1.54) is 0 Å². The van der Waals surface area contributed by atoms with Gasteiger partial charge in [0.05, 0.1) is 0 Å². The van der Waals surface area contributed by atoms with Crippen molar-refractivity contribution in [2.24, 2.45) is 0 Å². The number of carboxylic acids is 1. The SMILES string of the molecule is C=C(C)C(=O)C=CCCCCCCCCC(=O)O. The molecule has 0 aliphatic carbocycles. The third-order valence-corrected chi connectivity index (χ3v) is 2.70. The summed E-state index contributed by atoms with van der Waals surface area (Å²) >= 11 is 0. The molecule has 18 heavy (non-hydrogen) atoms. The predicted octanol–water partition coefficient (Wildman–Crippen LogP) is 3.89. The van der Waals surface area contributed by atoms with Gasteiger partial charge in [0.1, 0.15) is 0 Å². The molecule has 3 nitrogen and oxygen atoms in total. The number of ketones is 1. The minimum absolute atomic E-state index is 0.00340. The Morgan fingerprint density at radius 1 is 1.06 bits per heavy atom. The zero-order valence-electron chi connectivity index (χ0n) is 11.3. The summed E-state index contributed by atoms with van der Waals surface area (Å²) in [5.74, 6) is -0.703. The fourth-order valence-corrected chi connectivity index (χ4v) is 1.58. The normalized spacial score (nSPS) is 10.7. The average Bonchev–Trinajstić information content (AvgIpc) is 2.30. The van der Waals surface area contributed by atoms with Crippen molar-refractivity contribution in [3.8, 4) is 0 Å². The highest BCUT2D eigenvalue weighted by Gasteiger charge is 1.96. The molecule has 0 fully saturated rings. The van der Waals surface area contributed by atoms with E-state index in [0.29, 0.717) is 5.57 Å². The Morgan fingerprint density at radius 3 is 2.17 bits per heavy atom. The zero-order chi connectivity index (χ0) is 13.8. The van der Waals surface area contributed by atoms with Gasteiger partial charge in [0.25, 0.3) is 0 Å². The molecule has 0 saturated carbocycles. The van der Waals surface area contributed by atoms with Crippen LogP contribution in [0.5, 0.6) is 0 Å². The third kappa shape index (κ3) is 11.1. The molecule has 0 aliphatic rings. The van der Waals surface area contributed by atoms with Crippen LogP contribution in [0.2, 0.25) is 0 Å². The molecule has 0 rings (SSSR count). The molecular formula is C15H24O3. The van der Waals surface area contributed by atoms with Gasteiger partial charge in [0.2, 0.25) is 0 Å². The van der Waals surface area contributed by atoms with Gasteiger partial charge < -0.3 is 5.11 Å². The summed E-state index contributed by atoms with van der Waals surface area (Å²) in [5.41, 5.74) is 0.574. The molecule has 0 radical (unpaired) electrons. The van der Waals surface area contributed by atoms with E-state index in [9.17, 15) is 9.59 Å². The van der Waals surface area contributed by atoms with Crippen molar-refractivity contribution in [1.82, 2.24) is 0 Å². The first-order chi connectivity index (χ1) is 8.54. The van der Waals surface area contributed by atoms with Crippen LogP contribution in [0.1, 0.15) is 58.3 Å². The number of carbonyl (C=O) groups is 2. The maximum Gasteiger partial charge on any atom is 0.303 e. The van der Waals surface area contributed by atoms with Gasteiger partial charge in [-0.05, 0) is 37.8 Å². The number of allylic oxidation sites excluding steroid dienone is 3. The van der Waals surface area contributed by atoms with Crippen LogP contribution in [0.3, 0.4) is 0 Å². The van der Waals surface area contributed by atoms with Crippen LogP contribution in [0.4, 0.5) is 0 Å². The van der Waals surface area contributed by atoms with E-state index in [1.807, 2.05) is 6.08 Å². The second kappa shape index (κ2) is 10.8. The lowest BCUT2D eigenvalue weighted by Crippen LogP contribution is -1.93. The molecule has 0 spiro atoms. The van der Waals surface area contributed by atoms with Crippen molar-refractivity contribution >= 4 is 11.8 Å². The lowest BCUT2D eigenvalue weighted by atomic mass is 10.1. The summed E-state index contributed by atoms with van der Waals surface area (Å²) in [6.07, 6.45) is 10.9. The number of hydrogen-bond donors (Lipinski definition) is 1. The Kier molecular flexibility index (Phi) is 9.93. The summed E-state index contributed by atoms with van der Waals surface area (Å²) in [6, 6.07) is 0. The molecule has 0 unspecified atom stereocenters. The van der Waals surface area contributed by atoms with Gasteiger partial charge >= 0.3 is 5.97 Å². The first kappa shape index (κ1) is 16.6. The highest BCUT2D eigenvalue weighted by Crippen LogP contribution is 2.09. The van der Waals surface area contributed by atoms with E-state index >= 15 is 0 Å². The fourth-order valence-electron chi connectivity index (χ4n) is 1.58. The van der Waals surface area contributed by atoms with Crippen LogP contribution in [-0.4, -0.2) is 16.9 Å². The maximum atomic E-state index is 11.2. The molecule has 102 valence electrons. The van der Waals surface area contributed by atoms with E-state index in [-0.39, 0.29) is 12.2 Å². The van der Waals surface area contributed by atoms with E-state index in [4.69, 9.17) is 5.11 Å². The van der Waals surface area contributed by atoms with Crippen LogP contribution in [0.25, 0.3) is 0 Å². The Morgan fingerprint density at radius 2 is 1.61 bits per heavy atom. The largest absolute Gasteiger partial charge is 0.481 e. The lowest BCUT2D eigenvalue weighted by Gasteiger charge is -1.99. The molecule has 0 aromatic rings. The number of aliphatic carboxylic acids is 1. The predicted molar refractivity (Wildman–Crippen MR) is 73.5 cm³/mol. The van der Waals surface area contributed by atoms with Crippen molar-refractivity contribution < 1.29 is 14.7 Å². The Balaban J connectivity index is 3.28. The molecule has 0 aromatic carbocycles. The zero-order valence-corrected chi connectivity index (χ0v) is 11.3. The summed E-state index contributed by atoms with van der Waals surface area (Å²) in [7, 11) is 0. The number of carbonyl (C=O) groups excluding carboxylic acids is 1. The van der Waals surface area contributed by atoms with Crippen molar-refractivity contribution in [2.75, 3.05) is 0 Å². The summed E-state index contributed by atoms with van der Waals surface area (Å²) < 4.78 is 0. The van der Waals surface area contributed by atoms with Crippen LogP contribution >= 0.6 is 0 Å². The number of carboxylic acid groups (broad SMARTS) is 1.